The Hall–Kier alpha value is -2.16. The maximum Gasteiger partial charge on any atom is 0.219 e. The number of nitrogens with zero attached hydrogens (tertiary/aromatic N) is 1. The van der Waals surface area contributed by atoms with E-state index in [4.69, 9.17) is 4.74 Å². The van der Waals surface area contributed by atoms with Crippen LogP contribution in [0.1, 0.15) is 17.3 Å². The SMILES string of the molecule is CC(=O)c1ccnc(Oc2ccccc2)c1. The van der Waals surface area contributed by atoms with E-state index in [-0.39, 0.29) is 5.78 Å². The lowest BCUT2D eigenvalue weighted by Gasteiger charge is -2.04. The molecule has 0 spiro atoms. The normalized spacial score (nSPS) is 9.81. The monoisotopic (exact) mass is 213 g/mol. The van der Waals surface area contributed by atoms with Crippen LogP contribution in [0.5, 0.6) is 11.6 Å². The summed E-state index contributed by atoms with van der Waals surface area (Å²) < 4.78 is 5.51. The molecule has 0 aliphatic heterocycles. The Morgan fingerprint density at radius 3 is 2.62 bits per heavy atom. The van der Waals surface area contributed by atoms with Gasteiger partial charge in [-0.1, -0.05) is 18.2 Å². The first-order chi connectivity index (χ1) is 7.75. The van der Waals surface area contributed by atoms with Crippen LogP contribution in [0.2, 0.25) is 0 Å². The summed E-state index contributed by atoms with van der Waals surface area (Å²) in [6.45, 7) is 1.52. The van der Waals surface area contributed by atoms with Crippen LogP contribution >= 0.6 is 0 Å². The molecule has 1 aromatic carbocycles. The Kier molecular flexibility index (Phi) is 2.96. The van der Waals surface area contributed by atoms with Gasteiger partial charge < -0.3 is 4.74 Å². The number of Topliss-reactive ketones (excluding diaryl/α,β-unsaturated/α-hetero) is 1. The van der Waals surface area contributed by atoms with Crippen molar-refractivity contribution >= 4 is 5.78 Å². The summed E-state index contributed by atoms with van der Waals surface area (Å²) >= 11 is 0. The van der Waals surface area contributed by atoms with Crippen LogP contribution in [-0.4, -0.2) is 10.8 Å². The Morgan fingerprint density at radius 1 is 1.19 bits per heavy atom. The summed E-state index contributed by atoms with van der Waals surface area (Å²) in [5, 5.41) is 0. The van der Waals surface area contributed by atoms with Gasteiger partial charge in [0.15, 0.2) is 5.78 Å². The largest absolute Gasteiger partial charge is 0.439 e. The molecule has 2 rings (SSSR count). The van der Waals surface area contributed by atoms with Gasteiger partial charge in [-0.05, 0) is 25.1 Å². The van der Waals surface area contributed by atoms with Gasteiger partial charge in [-0.3, -0.25) is 4.79 Å². The molecule has 0 unspecified atom stereocenters. The maximum absolute atomic E-state index is 11.2. The number of pyridine rings is 1. The number of ketones is 1. The van der Waals surface area contributed by atoms with Crippen molar-refractivity contribution in [3.05, 3.63) is 54.2 Å². The van der Waals surface area contributed by atoms with E-state index in [0.717, 1.165) is 0 Å². The number of rotatable bonds is 3. The molecule has 2 aromatic rings. The predicted octanol–water partition coefficient (Wildman–Crippen LogP) is 3.08. The standard InChI is InChI=1S/C13H11NO2/c1-10(15)11-7-8-14-13(9-11)16-12-5-3-2-4-6-12/h2-9H,1H3. The van der Waals surface area contributed by atoms with Gasteiger partial charge in [0.1, 0.15) is 5.75 Å². The van der Waals surface area contributed by atoms with E-state index < -0.39 is 0 Å². The van der Waals surface area contributed by atoms with E-state index in [1.165, 1.54) is 6.92 Å². The molecule has 3 nitrogen and oxygen atoms in total. The first kappa shape index (κ1) is 10.4. The highest BCUT2D eigenvalue weighted by Crippen LogP contribution is 2.19. The maximum atomic E-state index is 11.2. The van der Waals surface area contributed by atoms with E-state index >= 15 is 0 Å². The van der Waals surface area contributed by atoms with Crippen molar-refractivity contribution in [1.29, 1.82) is 0 Å². The molecule has 0 saturated heterocycles. The van der Waals surface area contributed by atoms with Gasteiger partial charge in [0.25, 0.3) is 0 Å². The molecule has 0 aliphatic rings. The predicted molar refractivity (Wildman–Crippen MR) is 60.8 cm³/mol. The topological polar surface area (TPSA) is 39.2 Å². The van der Waals surface area contributed by atoms with Crippen molar-refractivity contribution < 1.29 is 9.53 Å². The number of carbonyl (C=O) groups excluding carboxylic acids is 1. The zero-order chi connectivity index (χ0) is 11.4. The van der Waals surface area contributed by atoms with Crippen LogP contribution in [0.15, 0.2) is 48.7 Å². The lowest BCUT2D eigenvalue weighted by Crippen LogP contribution is -1.94. The van der Waals surface area contributed by atoms with Gasteiger partial charge >= 0.3 is 0 Å². The minimum atomic E-state index is 0.000289. The fraction of sp³-hybridized carbons (Fsp3) is 0.0769. The Balaban J connectivity index is 2.22. The second-order valence-corrected chi connectivity index (χ2v) is 3.35. The second-order valence-electron chi connectivity index (χ2n) is 3.35. The Morgan fingerprint density at radius 2 is 1.94 bits per heavy atom. The van der Waals surface area contributed by atoms with Gasteiger partial charge in [0.2, 0.25) is 5.88 Å². The molecule has 1 aromatic heterocycles. The number of hydrogen-bond donors (Lipinski definition) is 0. The number of benzene rings is 1. The molecule has 0 aliphatic carbocycles. The molecule has 0 atom stereocenters. The fourth-order valence-electron chi connectivity index (χ4n) is 1.29. The smallest absolute Gasteiger partial charge is 0.219 e. The number of carbonyl (C=O) groups is 1. The summed E-state index contributed by atoms with van der Waals surface area (Å²) in [6, 6.07) is 12.6. The molecule has 0 N–H and O–H groups in total. The minimum absolute atomic E-state index is 0.000289. The molecule has 3 heteroatoms. The molecule has 16 heavy (non-hydrogen) atoms. The third-order valence-corrected chi connectivity index (χ3v) is 2.11. The summed E-state index contributed by atoms with van der Waals surface area (Å²) in [5.74, 6) is 1.13. The summed E-state index contributed by atoms with van der Waals surface area (Å²) in [6.07, 6.45) is 1.56. The van der Waals surface area contributed by atoms with Crippen molar-refractivity contribution in [2.45, 2.75) is 6.92 Å². The highest BCUT2D eigenvalue weighted by molar-refractivity contribution is 5.94. The van der Waals surface area contributed by atoms with Gasteiger partial charge in [0, 0.05) is 17.8 Å². The molecule has 0 bridgehead atoms. The van der Waals surface area contributed by atoms with E-state index in [1.807, 2.05) is 30.3 Å². The average Bonchev–Trinajstić information content (AvgIpc) is 2.30. The number of hydrogen-bond acceptors (Lipinski definition) is 3. The van der Waals surface area contributed by atoms with Crippen LogP contribution in [0.4, 0.5) is 0 Å². The summed E-state index contributed by atoms with van der Waals surface area (Å²) in [7, 11) is 0. The minimum Gasteiger partial charge on any atom is -0.439 e. The van der Waals surface area contributed by atoms with Gasteiger partial charge in [0.05, 0.1) is 0 Å². The van der Waals surface area contributed by atoms with Crippen molar-refractivity contribution in [2.75, 3.05) is 0 Å². The number of aromatic nitrogens is 1. The molecule has 0 amide bonds. The van der Waals surface area contributed by atoms with Crippen LogP contribution in [0, 0.1) is 0 Å². The first-order valence-electron chi connectivity index (χ1n) is 4.95. The zero-order valence-electron chi connectivity index (χ0n) is 8.88. The highest BCUT2D eigenvalue weighted by Gasteiger charge is 2.02. The Labute approximate surface area is 93.7 Å². The summed E-state index contributed by atoms with van der Waals surface area (Å²) in [5.41, 5.74) is 0.598. The molecule has 0 radical (unpaired) electrons. The third-order valence-electron chi connectivity index (χ3n) is 2.11. The van der Waals surface area contributed by atoms with Crippen molar-refractivity contribution in [3.63, 3.8) is 0 Å². The molecular weight excluding hydrogens is 202 g/mol. The van der Waals surface area contributed by atoms with Crippen LogP contribution in [0.25, 0.3) is 0 Å². The second kappa shape index (κ2) is 4.57. The van der Waals surface area contributed by atoms with E-state index in [9.17, 15) is 4.79 Å². The van der Waals surface area contributed by atoms with Gasteiger partial charge in [-0.15, -0.1) is 0 Å². The molecule has 80 valence electrons. The van der Waals surface area contributed by atoms with Crippen LogP contribution < -0.4 is 4.74 Å². The van der Waals surface area contributed by atoms with Crippen LogP contribution in [0.3, 0.4) is 0 Å². The van der Waals surface area contributed by atoms with Gasteiger partial charge in [-0.2, -0.15) is 0 Å². The lowest BCUT2D eigenvalue weighted by atomic mass is 10.2. The van der Waals surface area contributed by atoms with Crippen molar-refractivity contribution in [3.8, 4) is 11.6 Å². The van der Waals surface area contributed by atoms with Crippen LogP contribution in [-0.2, 0) is 0 Å². The lowest BCUT2D eigenvalue weighted by molar-refractivity contribution is 0.101. The van der Waals surface area contributed by atoms with Crippen molar-refractivity contribution in [2.24, 2.45) is 0 Å². The van der Waals surface area contributed by atoms with Crippen molar-refractivity contribution in [1.82, 2.24) is 4.98 Å². The third kappa shape index (κ3) is 2.45. The quantitative estimate of drug-likeness (QED) is 0.735. The van der Waals surface area contributed by atoms with Gasteiger partial charge in [-0.25, -0.2) is 4.98 Å². The average molecular weight is 213 g/mol. The molecule has 1 heterocycles. The number of ether oxygens (including phenoxy) is 1. The number of para-hydroxylation sites is 1. The molecule has 0 saturated carbocycles. The molecular formula is C13H11NO2. The highest BCUT2D eigenvalue weighted by atomic mass is 16.5. The Bertz CT molecular complexity index is 494. The van der Waals surface area contributed by atoms with E-state index in [0.29, 0.717) is 17.2 Å². The summed E-state index contributed by atoms with van der Waals surface area (Å²) in [4.78, 5) is 15.2. The molecule has 0 fully saturated rings. The fourth-order valence-corrected chi connectivity index (χ4v) is 1.29. The van der Waals surface area contributed by atoms with E-state index in [1.54, 1.807) is 18.3 Å². The first-order valence-corrected chi connectivity index (χ1v) is 4.95. The zero-order valence-corrected chi connectivity index (χ0v) is 8.88. The van der Waals surface area contributed by atoms with E-state index in [2.05, 4.69) is 4.98 Å².